The predicted octanol–water partition coefficient (Wildman–Crippen LogP) is -1.33. The maximum atomic E-state index is 10.1. The van der Waals surface area contributed by atoms with Crippen molar-refractivity contribution < 1.29 is 19.4 Å². The highest BCUT2D eigenvalue weighted by molar-refractivity contribution is 5.95. The van der Waals surface area contributed by atoms with Gasteiger partial charge in [0.15, 0.2) is 0 Å². The van der Waals surface area contributed by atoms with Crippen molar-refractivity contribution in [3.05, 3.63) is 0 Å². The average Bonchev–Trinajstić information content (AvgIpc) is 2.10. The second-order valence-electron chi connectivity index (χ2n) is 1.85. The van der Waals surface area contributed by atoms with Crippen molar-refractivity contribution in [3.63, 3.8) is 0 Å². The van der Waals surface area contributed by atoms with Crippen molar-refractivity contribution in [2.45, 2.75) is 12.1 Å². The molecule has 9 heavy (non-hydrogen) atoms. The number of carboxylic acid groups (broad SMARTS) is 1. The summed E-state index contributed by atoms with van der Waals surface area (Å²) in [4.78, 5) is 20.0. The number of aliphatic carboxylic acids is 1. The number of hydrogen-bond acceptors (Lipinski definition) is 4. The van der Waals surface area contributed by atoms with Gasteiger partial charge in [0, 0.05) is 0 Å². The normalized spacial score (nSPS) is 31.4. The zero-order valence-electron chi connectivity index (χ0n) is 4.46. The molecule has 1 rings (SSSR count). The van der Waals surface area contributed by atoms with Gasteiger partial charge in [0.05, 0.1) is 0 Å². The zero-order chi connectivity index (χ0) is 7.07. The van der Waals surface area contributed by atoms with E-state index in [-0.39, 0.29) is 0 Å². The maximum Gasteiger partial charge on any atom is 0.369 e. The molecular weight excluding hydrogens is 126 g/mol. The van der Waals surface area contributed by atoms with E-state index < -0.39 is 24.1 Å². The van der Waals surface area contributed by atoms with Crippen LogP contribution in [0.2, 0.25) is 0 Å². The molecule has 1 aliphatic heterocycles. The summed E-state index contributed by atoms with van der Waals surface area (Å²) in [6.45, 7) is 0. The van der Waals surface area contributed by atoms with Gasteiger partial charge in [-0.15, -0.1) is 0 Å². The Hall–Kier alpha value is -1.10. The lowest BCUT2D eigenvalue weighted by atomic mass is 10.2. The molecule has 50 valence electrons. The first-order chi connectivity index (χ1) is 4.04. The molecule has 1 atom stereocenters. The molecule has 0 aromatic carbocycles. The van der Waals surface area contributed by atoms with Crippen LogP contribution in [0.1, 0.15) is 6.42 Å². The molecule has 0 spiro atoms. The minimum Gasteiger partial charge on any atom is -0.481 e. The third-order valence-corrected chi connectivity index (χ3v) is 0.993. The molecule has 0 bridgehead atoms. The third-order valence-electron chi connectivity index (χ3n) is 0.993. The molecule has 0 saturated carbocycles. The molecule has 0 amide bonds. The highest BCUT2D eigenvalue weighted by Crippen LogP contribution is 2.25. The molecule has 0 radical (unpaired) electrons. The molecule has 1 unspecified atom stereocenters. The molecule has 5 nitrogen and oxygen atoms in total. The smallest absolute Gasteiger partial charge is 0.369 e. The Balaban J connectivity index is 2.46. The van der Waals surface area contributed by atoms with Crippen LogP contribution in [0, 0.1) is 0 Å². The van der Waals surface area contributed by atoms with E-state index in [1.807, 2.05) is 0 Å². The van der Waals surface area contributed by atoms with Crippen molar-refractivity contribution in [1.82, 2.24) is 0 Å². The van der Waals surface area contributed by atoms with E-state index in [9.17, 15) is 9.59 Å². The van der Waals surface area contributed by atoms with Crippen LogP contribution in [-0.2, 0) is 14.3 Å². The lowest BCUT2D eigenvalue weighted by Gasteiger charge is -1.92. The van der Waals surface area contributed by atoms with Crippen molar-refractivity contribution in [2.75, 3.05) is 0 Å². The van der Waals surface area contributed by atoms with E-state index >= 15 is 0 Å². The summed E-state index contributed by atoms with van der Waals surface area (Å²) in [7, 11) is 0. The molecule has 0 aromatic heterocycles. The van der Waals surface area contributed by atoms with Crippen LogP contribution >= 0.6 is 0 Å². The van der Waals surface area contributed by atoms with E-state index in [4.69, 9.17) is 10.8 Å². The third kappa shape index (κ3) is 0.996. The first kappa shape index (κ1) is 6.03. The molecule has 3 N–H and O–H groups in total. The summed E-state index contributed by atoms with van der Waals surface area (Å²) < 4.78 is 4.17. The topological polar surface area (TPSA) is 92.9 Å². The lowest BCUT2D eigenvalue weighted by molar-refractivity contribution is -0.138. The van der Waals surface area contributed by atoms with Gasteiger partial charge >= 0.3 is 11.9 Å². The Morgan fingerprint density at radius 1 is 1.89 bits per heavy atom. The quantitative estimate of drug-likeness (QED) is 0.453. The van der Waals surface area contributed by atoms with Gasteiger partial charge in [-0.1, -0.05) is 0 Å². The molecule has 1 heterocycles. The first-order valence-corrected chi connectivity index (χ1v) is 2.29. The van der Waals surface area contributed by atoms with Crippen molar-refractivity contribution in [2.24, 2.45) is 5.73 Å². The highest BCUT2D eigenvalue weighted by atomic mass is 16.7. The number of hydrogen-bond donors (Lipinski definition) is 2. The van der Waals surface area contributed by atoms with Crippen LogP contribution < -0.4 is 5.73 Å². The molecule has 5 heteroatoms. The summed E-state index contributed by atoms with van der Waals surface area (Å²) in [5.74, 6) is -1.78. The van der Waals surface area contributed by atoms with Gasteiger partial charge in [-0.2, -0.15) is 0 Å². The predicted molar refractivity (Wildman–Crippen MR) is 25.3 cm³/mol. The number of epoxide rings is 1. The van der Waals surface area contributed by atoms with E-state index in [1.54, 1.807) is 0 Å². The standard InChI is InChI=1S/C4H5NO4/c5-4(1-2(6)7)3(8)9-4/h1,5H2,(H,6,7). The van der Waals surface area contributed by atoms with Crippen LogP contribution in [0.15, 0.2) is 0 Å². The number of rotatable bonds is 2. The molecule has 1 fully saturated rings. The van der Waals surface area contributed by atoms with Crippen molar-refractivity contribution >= 4 is 11.9 Å². The molecule has 0 aromatic rings. The van der Waals surface area contributed by atoms with Crippen LogP contribution in [0.25, 0.3) is 0 Å². The molecule has 1 saturated heterocycles. The van der Waals surface area contributed by atoms with Crippen LogP contribution in [0.4, 0.5) is 0 Å². The summed E-state index contributed by atoms with van der Waals surface area (Å²) in [5, 5.41) is 8.09. The van der Waals surface area contributed by atoms with E-state index in [2.05, 4.69) is 4.74 Å². The lowest BCUT2D eigenvalue weighted by Crippen LogP contribution is -2.28. The number of carbonyl (C=O) groups excluding carboxylic acids is 1. The highest BCUT2D eigenvalue weighted by Gasteiger charge is 2.56. The summed E-state index contributed by atoms with van der Waals surface area (Å²) >= 11 is 0. The SMILES string of the molecule is NC1(CC(=O)O)OC1=O. The van der Waals surface area contributed by atoms with Gasteiger partial charge in [-0.3, -0.25) is 10.5 Å². The Bertz CT molecular complexity index is 177. The summed E-state index contributed by atoms with van der Waals surface area (Å²) in [6, 6.07) is 0. The first-order valence-electron chi connectivity index (χ1n) is 2.29. The average molecular weight is 131 g/mol. The minimum absolute atomic E-state index is 0.453. The van der Waals surface area contributed by atoms with Crippen molar-refractivity contribution in [1.29, 1.82) is 0 Å². The van der Waals surface area contributed by atoms with Crippen molar-refractivity contribution in [3.8, 4) is 0 Å². The second kappa shape index (κ2) is 1.44. The molecular formula is C4H5NO4. The van der Waals surface area contributed by atoms with Gasteiger partial charge in [-0.25, -0.2) is 4.79 Å². The van der Waals surface area contributed by atoms with E-state index in [0.717, 1.165) is 0 Å². The van der Waals surface area contributed by atoms with Gasteiger partial charge in [0.25, 0.3) is 5.72 Å². The number of carbonyl (C=O) groups is 2. The number of ether oxygens (including phenoxy) is 1. The fourth-order valence-corrected chi connectivity index (χ4v) is 0.473. The number of cyclic esters (lactones) is 1. The van der Waals surface area contributed by atoms with Gasteiger partial charge in [-0.05, 0) is 0 Å². The van der Waals surface area contributed by atoms with E-state index in [0.29, 0.717) is 0 Å². The number of carboxylic acids is 1. The van der Waals surface area contributed by atoms with Gasteiger partial charge in [0.1, 0.15) is 6.42 Å². The van der Waals surface area contributed by atoms with Gasteiger partial charge in [0.2, 0.25) is 0 Å². The fraction of sp³-hybridized carbons (Fsp3) is 0.500. The van der Waals surface area contributed by atoms with Crippen LogP contribution in [0.5, 0.6) is 0 Å². The Kier molecular flexibility index (Phi) is 0.967. The Morgan fingerprint density at radius 3 is 2.44 bits per heavy atom. The maximum absolute atomic E-state index is 10.1. The Labute approximate surface area is 50.4 Å². The monoisotopic (exact) mass is 131 g/mol. The van der Waals surface area contributed by atoms with E-state index in [1.165, 1.54) is 0 Å². The van der Waals surface area contributed by atoms with Gasteiger partial charge < -0.3 is 9.84 Å². The molecule has 0 aliphatic carbocycles. The number of nitrogens with two attached hydrogens (primary N) is 1. The Morgan fingerprint density at radius 2 is 2.33 bits per heavy atom. The fourth-order valence-electron chi connectivity index (χ4n) is 0.473. The largest absolute Gasteiger partial charge is 0.481 e. The minimum atomic E-state index is -1.51. The second-order valence-corrected chi connectivity index (χ2v) is 1.85. The molecule has 1 aliphatic rings. The zero-order valence-corrected chi connectivity index (χ0v) is 4.46. The van der Waals surface area contributed by atoms with Crippen LogP contribution in [0.3, 0.4) is 0 Å². The summed E-state index contributed by atoms with van der Waals surface area (Å²) in [5.41, 5.74) is 3.53. The van der Waals surface area contributed by atoms with Crippen LogP contribution in [-0.4, -0.2) is 22.8 Å². The summed E-state index contributed by atoms with van der Waals surface area (Å²) in [6.07, 6.45) is -0.453.